The van der Waals surface area contributed by atoms with Crippen molar-refractivity contribution < 1.29 is 18.8 Å². The Bertz CT molecular complexity index is 1020. The van der Waals surface area contributed by atoms with Gasteiger partial charge in [0, 0.05) is 24.5 Å². The van der Waals surface area contributed by atoms with E-state index in [2.05, 4.69) is 10.6 Å². The molecule has 1 aromatic heterocycles. The number of rotatable bonds is 5. The van der Waals surface area contributed by atoms with Crippen molar-refractivity contribution in [2.75, 3.05) is 5.32 Å². The maximum Gasteiger partial charge on any atom is 0.294 e. The predicted molar refractivity (Wildman–Crippen MR) is 115 cm³/mol. The third kappa shape index (κ3) is 4.61. The van der Waals surface area contributed by atoms with Crippen LogP contribution in [0.15, 0.2) is 18.2 Å². The van der Waals surface area contributed by atoms with Crippen molar-refractivity contribution >= 4 is 23.3 Å². The SMILES string of the molecule is Cc1cc(NC(=O)c2c(C)c(C(=O)C(=O)N[C@@H](C)C(C)(C)C)n(C)c2C)ccc1F. The van der Waals surface area contributed by atoms with Crippen molar-refractivity contribution in [3.05, 3.63) is 52.1 Å². The monoisotopic (exact) mass is 415 g/mol. The quantitative estimate of drug-likeness (QED) is 0.571. The van der Waals surface area contributed by atoms with Crippen LogP contribution in [0.2, 0.25) is 0 Å². The number of Topliss-reactive ketones (excluding diaryl/α,β-unsaturated/α-hetero) is 1. The number of amides is 2. The number of benzene rings is 1. The molecule has 30 heavy (non-hydrogen) atoms. The van der Waals surface area contributed by atoms with Gasteiger partial charge in [-0.2, -0.15) is 0 Å². The van der Waals surface area contributed by atoms with E-state index in [-0.39, 0.29) is 23.0 Å². The lowest BCUT2D eigenvalue weighted by atomic mass is 9.88. The van der Waals surface area contributed by atoms with Gasteiger partial charge in [0.05, 0.1) is 11.3 Å². The molecule has 0 aliphatic heterocycles. The van der Waals surface area contributed by atoms with Gasteiger partial charge in [-0.15, -0.1) is 0 Å². The van der Waals surface area contributed by atoms with Crippen LogP contribution < -0.4 is 10.6 Å². The number of hydrogen-bond acceptors (Lipinski definition) is 3. The summed E-state index contributed by atoms with van der Waals surface area (Å²) in [4.78, 5) is 38.3. The minimum atomic E-state index is -0.706. The summed E-state index contributed by atoms with van der Waals surface area (Å²) in [5.41, 5.74) is 2.14. The Morgan fingerprint density at radius 2 is 1.70 bits per heavy atom. The Morgan fingerprint density at radius 3 is 2.23 bits per heavy atom. The number of hydrogen-bond donors (Lipinski definition) is 2. The molecule has 2 aromatic rings. The van der Waals surface area contributed by atoms with Crippen molar-refractivity contribution in [3.8, 4) is 0 Å². The number of anilines is 1. The lowest BCUT2D eigenvalue weighted by Crippen LogP contribution is -2.44. The minimum absolute atomic E-state index is 0.173. The first-order valence-corrected chi connectivity index (χ1v) is 9.84. The van der Waals surface area contributed by atoms with Crippen molar-refractivity contribution in [3.63, 3.8) is 0 Å². The molecular formula is C23H30FN3O3. The Morgan fingerprint density at radius 1 is 1.10 bits per heavy atom. The van der Waals surface area contributed by atoms with E-state index in [4.69, 9.17) is 0 Å². The van der Waals surface area contributed by atoms with E-state index in [1.165, 1.54) is 18.2 Å². The summed E-state index contributed by atoms with van der Waals surface area (Å²) in [6, 6.07) is 4.08. The van der Waals surface area contributed by atoms with Crippen LogP contribution in [0.4, 0.5) is 10.1 Å². The van der Waals surface area contributed by atoms with Crippen LogP contribution in [0.25, 0.3) is 0 Å². The summed E-state index contributed by atoms with van der Waals surface area (Å²) in [7, 11) is 1.65. The van der Waals surface area contributed by atoms with E-state index in [0.717, 1.165) is 0 Å². The highest BCUT2D eigenvalue weighted by molar-refractivity contribution is 6.43. The molecule has 0 spiro atoms. The molecule has 1 aromatic carbocycles. The second kappa shape index (κ2) is 8.42. The second-order valence-electron chi connectivity index (χ2n) is 8.80. The average molecular weight is 416 g/mol. The van der Waals surface area contributed by atoms with Crippen LogP contribution in [0.5, 0.6) is 0 Å². The third-order valence-corrected chi connectivity index (χ3v) is 5.64. The highest BCUT2D eigenvalue weighted by Gasteiger charge is 2.31. The standard InChI is InChI=1S/C23H30FN3O3/c1-12-11-16(9-10-17(12)24)26-21(29)18-13(2)19(27(8)14(18)3)20(28)22(30)25-15(4)23(5,6)7/h9-11,15H,1-8H3,(H,25,30)(H,26,29)/t15-/m0/s1. The van der Waals surface area contributed by atoms with Crippen molar-refractivity contribution in [1.82, 2.24) is 9.88 Å². The molecule has 0 saturated heterocycles. The zero-order valence-electron chi connectivity index (χ0n) is 18.9. The summed E-state index contributed by atoms with van der Waals surface area (Å²) < 4.78 is 15.0. The number of aromatic nitrogens is 1. The zero-order valence-corrected chi connectivity index (χ0v) is 18.9. The lowest BCUT2D eigenvalue weighted by molar-refractivity contribution is -0.118. The van der Waals surface area contributed by atoms with Gasteiger partial charge in [0.2, 0.25) is 0 Å². The number of nitrogens with zero attached hydrogens (tertiary/aromatic N) is 1. The maximum absolute atomic E-state index is 13.5. The Kier molecular flexibility index (Phi) is 6.54. The molecule has 2 amide bonds. The fourth-order valence-corrected chi connectivity index (χ4v) is 3.14. The summed E-state index contributed by atoms with van der Waals surface area (Å²) >= 11 is 0. The first-order chi connectivity index (χ1) is 13.8. The van der Waals surface area contributed by atoms with Crippen LogP contribution >= 0.6 is 0 Å². The summed E-state index contributed by atoms with van der Waals surface area (Å²) in [5.74, 6) is -2.18. The van der Waals surface area contributed by atoms with Crippen LogP contribution in [-0.4, -0.2) is 28.2 Å². The highest BCUT2D eigenvalue weighted by Crippen LogP contribution is 2.24. The average Bonchev–Trinajstić information content (AvgIpc) is 2.85. The van der Waals surface area contributed by atoms with E-state index in [0.29, 0.717) is 28.1 Å². The second-order valence-corrected chi connectivity index (χ2v) is 8.80. The van der Waals surface area contributed by atoms with Gasteiger partial charge in [-0.05, 0) is 62.4 Å². The zero-order chi connectivity index (χ0) is 23.0. The molecule has 7 heteroatoms. The number of aryl methyl sites for hydroxylation is 1. The van der Waals surface area contributed by atoms with Gasteiger partial charge in [0.25, 0.3) is 17.6 Å². The van der Waals surface area contributed by atoms with Gasteiger partial charge >= 0.3 is 0 Å². The number of carbonyl (C=O) groups is 3. The molecule has 2 N–H and O–H groups in total. The van der Waals surface area contributed by atoms with Crippen molar-refractivity contribution in [2.45, 2.75) is 54.5 Å². The van der Waals surface area contributed by atoms with Crippen LogP contribution in [0, 0.1) is 32.0 Å². The number of halogens is 1. The smallest absolute Gasteiger partial charge is 0.294 e. The molecule has 1 heterocycles. The summed E-state index contributed by atoms with van der Waals surface area (Å²) in [6.45, 7) is 12.7. The van der Waals surface area contributed by atoms with Crippen LogP contribution in [-0.2, 0) is 11.8 Å². The van der Waals surface area contributed by atoms with Crippen LogP contribution in [0.3, 0.4) is 0 Å². The highest BCUT2D eigenvalue weighted by atomic mass is 19.1. The Hall–Kier alpha value is -2.96. The number of carbonyl (C=O) groups excluding carboxylic acids is 3. The molecule has 0 fully saturated rings. The van der Waals surface area contributed by atoms with Crippen molar-refractivity contribution in [1.29, 1.82) is 0 Å². The molecule has 0 radical (unpaired) electrons. The van der Waals surface area contributed by atoms with Gasteiger partial charge in [0.1, 0.15) is 5.82 Å². The van der Waals surface area contributed by atoms with E-state index in [9.17, 15) is 18.8 Å². The maximum atomic E-state index is 13.5. The molecule has 6 nitrogen and oxygen atoms in total. The lowest BCUT2D eigenvalue weighted by Gasteiger charge is -2.27. The Balaban J connectivity index is 2.33. The Labute approximate surface area is 176 Å². The summed E-state index contributed by atoms with van der Waals surface area (Å²) in [6.07, 6.45) is 0. The van der Waals surface area contributed by atoms with E-state index < -0.39 is 17.6 Å². The largest absolute Gasteiger partial charge is 0.346 e. The molecule has 0 unspecified atom stereocenters. The molecule has 1 atom stereocenters. The molecule has 0 aliphatic carbocycles. The van der Waals surface area contributed by atoms with Gasteiger partial charge in [0.15, 0.2) is 0 Å². The van der Waals surface area contributed by atoms with Crippen LogP contribution in [0.1, 0.15) is 65.4 Å². The van der Waals surface area contributed by atoms with Gasteiger partial charge in [-0.25, -0.2) is 4.39 Å². The van der Waals surface area contributed by atoms with E-state index >= 15 is 0 Å². The molecule has 0 bridgehead atoms. The molecule has 2 rings (SSSR count). The van der Waals surface area contributed by atoms with E-state index in [1.807, 2.05) is 27.7 Å². The fraction of sp³-hybridized carbons (Fsp3) is 0.435. The fourth-order valence-electron chi connectivity index (χ4n) is 3.14. The number of ketones is 1. The van der Waals surface area contributed by atoms with Crippen molar-refractivity contribution in [2.24, 2.45) is 12.5 Å². The van der Waals surface area contributed by atoms with Gasteiger partial charge < -0.3 is 15.2 Å². The van der Waals surface area contributed by atoms with E-state index in [1.54, 1.807) is 32.4 Å². The molecular weight excluding hydrogens is 385 g/mol. The van der Waals surface area contributed by atoms with Gasteiger partial charge in [-0.1, -0.05) is 20.8 Å². The molecule has 0 saturated carbocycles. The molecule has 162 valence electrons. The normalized spacial score (nSPS) is 12.4. The predicted octanol–water partition coefficient (Wildman–Crippen LogP) is 4.08. The first kappa shape index (κ1) is 23.3. The molecule has 0 aliphatic rings. The number of nitrogens with one attached hydrogen (secondary N) is 2. The van der Waals surface area contributed by atoms with Gasteiger partial charge in [-0.3, -0.25) is 14.4 Å². The topological polar surface area (TPSA) is 80.2 Å². The minimum Gasteiger partial charge on any atom is -0.346 e. The third-order valence-electron chi connectivity index (χ3n) is 5.64. The summed E-state index contributed by atoms with van der Waals surface area (Å²) in [5, 5.41) is 5.48. The first-order valence-electron chi connectivity index (χ1n) is 9.84.